The monoisotopic (exact) mass is 857 g/mol. The molecule has 0 atom stereocenters. The van der Waals surface area contributed by atoms with Crippen molar-refractivity contribution in [3.05, 3.63) is 211 Å². The molecule has 0 N–H and O–H groups in total. The Labute approximate surface area is 391 Å². The zero-order valence-corrected chi connectivity index (χ0v) is 39.8. The van der Waals surface area contributed by atoms with Gasteiger partial charge in [-0.1, -0.05) is 214 Å². The van der Waals surface area contributed by atoms with Gasteiger partial charge in [0, 0.05) is 27.6 Å². The minimum atomic E-state index is -0.0855. The molecule has 0 saturated carbocycles. The Morgan fingerprint density at radius 1 is 0.333 bits per heavy atom. The van der Waals surface area contributed by atoms with Crippen LogP contribution in [0.2, 0.25) is 0 Å². The van der Waals surface area contributed by atoms with Crippen molar-refractivity contribution in [2.45, 2.75) is 78.6 Å². The summed E-state index contributed by atoms with van der Waals surface area (Å²) >= 11 is 0. The molecule has 0 unspecified atom stereocenters. The molecule has 10 aromatic rings. The van der Waals surface area contributed by atoms with Gasteiger partial charge in [-0.15, -0.1) is 0 Å². The highest BCUT2D eigenvalue weighted by Gasteiger charge is 2.26. The van der Waals surface area contributed by atoms with Crippen LogP contribution < -0.4 is 4.90 Å². The molecule has 2 heteroatoms. The fourth-order valence-electron chi connectivity index (χ4n) is 9.53. The Morgan fingerprint density at radius 3 is 1.65 bits per heavy atom. The van der Waals surface area contributed by atoms with Gasteiger partial charge in [0.1, 0.15) is 11.2 Å². The number of fused-ring (bicyclic) bond motifs is 4. The number of nitrogens with zero attached hydrogens (tertiary/aromatic N) is 1. The van der Waals surface area contributed by atoms with E-state index in [-0.39, 0.29) is 16.2 Å². The molecule has 0 radical (unpaired) electrons. The van der Waals surface area contributed by atoms with Crippen molar-refractivity contribution < 1.29 is 4.42 Å². The number of furan rings is 1. The van der Waals surface area contributed by atoms with E-state index in [4.69, 9.17) is 4.42 Å². The number of anilines is 3. The Hall–Kier alpha value is -7.16. The first-order valence-electron chi connectivity index (χ1n) is 23.4. The second-order valence-corrected chi connectivity index (χ2v) is 21.1. The Morgan fingerprint density at radius 2 is 0.924 bits per heavy atom. The topological polar surface area (TPSA) is 16.4 Å². The lowest BCUT2D eigenvalue weighted by molar-refractivity contribution is 0.569. The summed E-state index contributed by atoms with van der Waals surface area (Å²) in [5.41, 5.74) is 18.4. The molecule has 1 heterocycles. The predicted molar refractivity (Wildman–Crippen MR) is 284 cm³/mol. The molecule has 10 rings (SSSR count). The third-order valence-electron chi connectivity index (χ3n) is 13.3. The van der Waals surface area contributed by atoms with Crippen LogP contribution in [0.4, 0.5) is 17.1 Å². The lowest BCUT2D eigenvalue weighted by atomic mass is 9.78. The van der Waals surface area contributed by atoms with Crippen LogP contribution in [0.1, 0.15) is 79.0 Å². The average molecular weight is 858 g/mol. The van der Waals surface area contributed by atoms with Gasteiger partial charge in [0.2, 0.25) is 0 Å². The van der Waals surface area contributed by atoms with Gasteiger partial charge in [0.25, 0.3) is 0 Å². The van der Waals surface area contributed by atoms with Crippen molar-refractivity contribution in [2.24, 2.45) is 0 Å². The average Bonchev–Trinajstić information content (AvgIpc) is 3.69. The minimum absolute atomic E-state index is 0.0127. The smallest absolute Gasteiger partial charge is 0.135 e. The van der Waals surface area contributed by atoms with Gasteiger partial charge in [-0.25, -0.2) is 0 Å². The zero-order chi connectivity index (χ0) is 46.0. The van der Waals surface area contributed by atoms with E-state index in [1.54, 1.807) is 0 Å². The largest absolute Gasteiger partial charge is 0.456 e. The minimum Gasteiger partial charge on any atom is -0.456 e. The van der Waals surface area contributed by atoms with Crippen LogP contribution in [0.5, 0.6) is 0 Å². The van der Waals surface area contributed by atoms with E-state index in [1.165, 1.54) is 55.3 Å². The van der Waals surface area contributed by atoms with Gasteiger partial charge in [-0.3, -0.25) is 0 Å². The Kier molecular flexibility index (Phi) is 10.6. The van der Waals surface area contributed by atoms with Crippen LogP contribution in [-0.4, -0.2) is 0 Å². The molecule has 0 aliphatic rings. The van der Waals surface area contributed by atoms with Gasteiger partial charge in [-0.2, -0.15) is 0 Å². The highest BCUT2D eigenvalue weighted by Crippen LogP contribution is 2.49. The maximum Gasteiger partial charge on any atom is 0.135 e. The van der Waals surface area contributed by atoms with Crippen LogP contribution in [0.25, 0.3) is 77.2 Å². The third-order valence-corrected chi connectivity index (χ3v) is 13.3. The molecule has 1 aromatic heterocycles. The van der Waals surface area contributed by atoms with Gasteiger partial charge in [0.05, 0.1) is 11.4 Å². The molecule has 2 nitrogen and oxygen atoms in total. The number of para-hydroxylation sites is 2. The van der Waals surface area contributed by atoms with E-state index in [0.717, 1.165) is 55.7 Å². The standard InChI is InChI=1S/C64H59NO/c1-62(2,3)47-33-34-51(42-20-11-10-12-21-42)58(41-47)65(50-25-17-24-44(38-50)45-32-35-60-56(39-45)54-27-14-16-31-59(54)66-60)57-30-15-13-26-53(57)55-29-19-23-43-22-18-28-52(61(43)55)46-36-48(63(4,5)6)40-49(37-46)64(7,8)9/h10-41H,1-9H3. The molecule has 9 aromatic carbocycles. The van der Waals surface area contributed by atoms with Crippen molar-refractivity contribution >= 4 is 49.8 Å². The van der Waals surface area contributed by atoms with Crippen molar-refractivity contribution in [3.8, 4) is 44.5 Å². The maximum absolute atomic E-state index is 6.27. The zero-order valence-electron chi connectivity index (χ0n) is 39.8. The van der Waals surface area contributed by atoms with Crippen LogP contribution in [0.3, 0.4) is 0 Å². The second-order valence-electron chi connectivity index (χ2n) is 21.1. The summed E-state index contributed by atoms with van der Waals surface area (Å²) in [6.07, 6.45) is 0. The molecule has 0 saturated heterocycles. The molecule has 326 valence electrons. The van der Waals surface area contributed by atoms with Crippen molar-refractivity contribution in [1.82, 2.24) is 0 Å². The van der Waals surface area contributed by atoms with E-state index in [1.807, 2.05) is 12.1 Å². The van der Waals surface area contributed by atoms with E-state index in [0.29, 0.717) is 0 Å². The first-order valence-corrected chi connectivity index (χ1v) is 23.4. The molecule has 0 bridgehead atoms. The molecule has 66 heavy (non-hydrogen) atoms. The third kappa shape index (κ3) is 8.00. The first-order chi connectivity index (χ1) is 31.6. The van der Waals surface area contributed by atoms with Crippen molar-refractivity contribution in [2.75, 3.05) is 4.90 Å². The number of rotatable bonds is 7. The molecule has 0 amide bonds. The van der Waals surface area contributed by atoms with E-state index >= 15 is 0 Å². The molecule has 0 spiro atoms. The molecule has 0 fully saturated rings. The number of benzene rings is 9. The molecular formula is C64H59NO. The van der Waals surface area contributed by atoms with Gasteiger partial charge < -0.3 is 9.32 Å². The molecule has 0 aliphatic carbocycles. The predicted octanol–water partition coefficient (Wildman–Crippen LogP) is 18.8. The first kappa shape index (κ1) is 42.8. The maximum atomic E-state index is 6.27. The Bertz CT molecular complexity index is 3380. The summed E-state index contributed by atoms with van der Waals surface area (Å²) in [6, 6.07) is 71.8. The number of hydrogen-bond acceptors (Lipinski definition) is 2. The lowest BCUT2D eigenvalue weighted by Crippen LogP contribution is -2.16. The summed E-state index contributed by atoms with van der Waals surface area (Å²) in [5.74, 6) is 0. The van der Waals surface area contributed by atoms with E-state index in [9.17, 15) is 0 Å². The fraction of sp³-hybridized carbons (Fsp3) is 0.188. The molecule has 0 aliphatic heterocycles. The highest BCUT2D eigenvalue weighted by molar-refractivity contribution is 6.10. The summed E-state index contributed by atoms with van der Waals surface area (Å²) in [5, 5.41) is 4.71. The van der Waals surface area contributed by atoms with E-state index < -0.39 is 0 Å². The quantitative estimate of drug-likeness (QED) is 0.159. The SMILES string of the molecule is CC(C)(C)c1cc(-c2cccc3cccc(-c4ccccc4N(c4cccc(-c5ccc6oc7ccccc7c6c5)c4)c4cc(C(C)(C)C)ccc4-c4ccccc4)c23)cc(C(C)(C)C)c1. The van der Waals surface area contributed by atoms with Crippen molar-refractivity contribution in [3.63, 3.8) is 0 Å². The Balaban J connectivity index is 1.25. The fourth-order valence-corrected chi connectivity index (χ4v) is 9.53. The van der Waals surface area contributed by atoms with Gasteiger partial charge in [0.15, 0.2) is 0 Å². The summed E-state index contributed by atoms with van der Waals surface area (Å²) in [6.45, 7) is 20.9. The highest BCUT2D eigenvalue weighted by atomic mass is 16.3. The lowest BCUT2D eigenvalue weighted by Gasteiger charge is -2.32. The second kappa shape index (κ2) is 16.4. The number of hydrogen-bond donors (Lipinski definition) is 0. The summed E-state index contributed by atoms with van der Waals surface area (Å²) in [4.78, 5) is 2.52. The van der Waals surface area contributed by atoms with Crippen molar-refractivity contribution in [1.29, 1.82) is 0 Å². The summed E-state index contributed by atoms with van der Waals surface area (Å²) < 4.78 is 6.27. The van der Waals surface area contributed by atoms with Gasteiger partial charge >= 0.3 is 0 Å². The van der Waals surface area contributed by atoms with Crippen LogP contribution >= 0.6 is 0 Å². The van der Waals surface area contributed by atoms with Gasteiger partial charge in [-0.05, 0) is 120 Å². The van der Waals surface area contributed by atoms with Crippen LogP contribution in [0.15, 0.2) is 199 Å². The normalized spacial score (nSPS) is 12.3. The molecular weight excluding hydrogens is 799 g/mol. The summed E-state index contributed by atoms with van der Waals surface area (Å²) in [7, 11) is 0. The van der Waals surface area contributed by atoms with Crippen LogP contribution in [-0.2, 0) is 16.2 Å². The van der Waals surface area contributed by atoms with E-state index in [2.05, 4.69) is 249 Å². The van der Waals surface area contributed by atoms with Crippen LogP contribution in [0, 0.1) is 0 Å².